The van der Waals surface area contributed by atoms with Gasteiger partial charge < -0.3 is 20.4 Å². The fourth-order valence-corrected chi connectivity index (χ4v) is 0.802. The van der Waals surface area contributed by atoms with Crippen LogP contribution in [0.1, 0.15) is 33.6 Å². The number of esters is 1. The van der Waals surface area contributed by atoms with Crippen molar-refractivity contribution in [1.29, 1.82) is 0 Å². The summed E-state index contributed by atoms with van der Waals surface area (Å²) in [6.45, 7) is 5.27. The third-order valence-corrected chi connectivity index (χ3v) is 1.45. The van der Waals surface area contributed by atoms with Gasteiger partial charge in [0, 0.05) is 6.42 Å². The van der Waals surface area contributed by atoms with Crippen molar-refractivity contribution in [1.82, 2.24) is 0 Å². The predicted molar refractivity (Wildman–Crippen MR) is 46.8 cm³/mol. The van der Waals surface area contributed by atoms with Crippen LogP contribution in [-0.4, -0.2) is 23.6 Å². The van der Waals surface area contributed by atoms with Gasteiger partial charge in [-0.25, -0.2) is 0 Å². The molecule has 0 heterocycles. The fourth-order valence-electron chi connectivity index (χ4n) is 0.802. The molecule has 0 aromatic carbocycles. The van der Waals surface area contributed by atoms with Gasteiger partial charge in [0.25, 0.3) is 0 Å². The summed E-state index contributed by atoms with van der Waals surface area (Å²) in [5.41, 5.74) is 2.80. The van der Waals surface area contributed by atoms with Crippen LogP contribution in [-0.2, 0) is 14.3 Å². The molecule has 3 N–H and O–H groups in total. The molecule has 0 aromatic rings. The molecule has 1 atom stereocenters. The molecule has 0 bridgehead atoms. The van der Waals surface area contributed by atoms with E-state index in [1.807, 2.05) is 0 Å². The van der Waals surface area contributed by atoms with E-state index in [9.17, 15) is 14.7 Å². The zero-order valence-electron chi connectivity index (χ0n) is 8.83. The minimum Gasteiger partial charge on any atom is -0.544 e. The van der Waals surface area contributed by atoms with E-state index in [0.29, 0.717) is 0 Å². The summed E-state index contributed by atoms with van der Waals surface area (Å²) >= 11 is 0. The lowest BCUT2D eigenvalue weighted by Gasteiger charge is -2.19. The van der Waals surface area contributed by atoms with Crippen LogP contribution in [0.4, 0.5) is 0 Å². The summed E-state index contributed by atoms with van der Waals surface area (Å²) in [4.78, 5) is 21.4. The van der Waals surface area contributed by atoms with E-state index in [-0.39, 0.29) is 12.8 Å². The van der Waals surface area contributed by atoms with Crippen LogP contribution in [0.3, 0.4) is 0 Å². The van der Waals surface area contributed by atoms with Gasteiger partial charge in [-0.3, -0.25) is 4.79 Å². The van der Waals surface area contributed by atoms with Crippen molar-refractivity contribution < 1.29 is 25.2 Å². The van der Waals surface area contributed by atoms with Gasteiger partial charge in [-0.15, -0.1) is 0 Å². The van der Waals surface area contributed by atoms with Crippen LogP contribution in [0.25, 0.3) is 0 Å². The SMILES string of the molecule is CC(C)(C)OC(=O)CC[C@@H]([NH3+])C(=O)[O-]. The summed E-state index contributed by atoms with van der Waals surface area (Å²) < 4.78 is 4.99. The standard InChI is InChI=1S/C9H17NO4/c1-9(2,3)14-7(11)5-4-6(10)8(12)13/h6H,4-5,10H2,1-3H3,(H,12,13)/t6-/m1/s1. The Balaban J connectivity index is 3.81. The molecule has 0 fully saturated rings. The molecular weight excluding hydrogens is 186 g/mol. The smallest absolute Gasteiger partial charge is 0.306 e. The molecule has 14 heavy (non-hydrogen) atoms. The Morgan fingerprint density at radius 1 is 1.43 bits per heavy atom. The number of carboxylic acids is 1. The molecule has 0 unspecified atom stereocenters. The molecule has 0 aromatic heterocycles. The topological polar surface area (TPSA) is 94.1 Å². The molecule has 0 aliphatic rings. The second kappa shape index (κ2) is 4.95. The minimum absolute atomic E-state index is 0.0550. The number of rotatable bonds is 4. The van der Waals surface area contributed by atoms with E-state index in [2.05, 4.69) is 5.73 Å². The van der Waals surface area contributed by atoms with Crippen molar-refractivity contribution in [2.45, 2.75) is 45.3 Å². The molecule has 5 nitrogen and oxygen atoms in total. The predicted octanol–water partition coefficient (Wildman–Crippen LogP) is -1.53. The first-order chi connectivity index (χ1) is 6.22. The quantitative estimate of drug-likeness (QED) is 0.561. The van der Waals surface area contributed by atoms with Crippen molar-refractivity contribution in [3.8, 4) is 0 Å². The lowest BCUT2D eigenvalue weighted by molar-refractivity contribution is -0.438. The van der Waals surface area contributed by atoms with Crippen molar-refractivity contribution in [3.63, 3.8) is 0 Å². The second-order valence-corrected chi connectivity index (χ2v) is 4.14. The maximum atomic E-state index is 11.1. The first kappa shape index (κ1) is 12.9. The summed E-state index contributed by atoms with van der Waals surface area (Å²) in [6, 6.07) is -0.859. The monoisotopic (exact) mass is 203 g/mol. The molecule has 0 saturated heterocycles. The Kier molecular flexibility index (Phi) is 4.56. The van der Waals surface area contributed by atoms with E-state index in [4.69, 9.17) is 4.74 Å². The third kappa shape index (κ3) is 6.42. The molecule has 0 saturated carbocycles. The molecule has 0 rings (SSSR count). The molecule has 0 spiro atoms. The lowest BCUT2D eigenvalue weighted by Crippen LogP contribution is -2.68. The largest absolute Gasteiger partial charge is 0.544 e. The number of hydrogen-bond acceptors (Lipinski definition) is 4. The zero-order valence-corrected chi connectivity index (χ0v) is 8.83. The van der Waals surface area contributed by atoms with Crippen LogP contribution >= 0.6 is 0 Å². The molecule has 0 radical (unpaired) electrons. The number of ether oxygens (including phenoxy) is 1. The van der Waals surface area contributed by atoms with Crippen molar-refractivity contribution in [2.75, 3.05) is 0 Å². The molecule has 0 amide bonds. The van der Waals surface area contributed by atoms with Crippen molar-refractivity contribution >= 4 is 11.9 Å². The Hall–Kier alpha value is -1.10. The third-order valence-electron chi connectivity index (χ3n) is 1.45. The highest BCUT2D eigenvalue weighted by atomic mass is 16.6. The van der Waals surface area contributed by atoms with Gasteiger partial charge in [-0.05, 0) is 20.8 Å². The Labute approximate surface area is 83.2 Å². The average molecular weight is 203 g/mol. The van der Waals surface area contributed by atoms with E-state index >= 15 is 0 Å². The van der Waals surface area contributed by atoms with E-state index < -0.39 is 23.6 Å². The molecule has 82 valence electrons. The van der Waals surface area contributed by atoms with E-state index in [0.717, 1.165) is 0 Å². The van der Waals surface area contributed by atoms with Gasteiger partial charge in [0.1, 0.15) is 11.6 Å². The van der Waals surface area contributed by atoms with Crippen molar-refractivity contribution in [3.05, 3.63) is 0 Å². The van der Waals surface area contributed by atoms with Gasteiger partial charge in [0.2, 0.25) is 0 Å². The number of carbonyl (C=O) groups excluding carboxylic acids is 2. The van der Waals surface area contributed by atoms with Crippen LogP contribution in [0.15, 0.2) is 0 Å². The summed E-state index contributed by atoms with van der Waals surface area (Å²) in [7, 11) is 0. The minimum atomic E-state index is -1.24. The number of quaternary nitrogens is 1. The van der Waals surface area contributed by atoms with Gasteiger partial charge >= 0.3 is 5.97 Å². The average Bonchev–Trinajstić information content (AvgIpc) is 1.96. The molecule has 0 aliphatic carbocycles. The maximum absolute atomic E-state index is 11.1. The van der Waals surface area contributed by atoms with Gasteiger partial charge in [-0.2, -0.15) is 0 Å². The van der Waals surface area contributed by atoms with Crippen LogP contribution < -0.4 is 10.8 Å². The highest BCUT2D eigenvalue weighted by Gasteiger charge is 2.17. The molecular formula is C9H17NO4. The summed E-state index contributed by atoms with van der Waals surface area (Å²) in [6.07, 6.45) is 0.205. The number of aliphatic carboxylic acids is 1. The second-order valence-electron chi connectivity index (χ2n) is 4.14. The van der Waals surface area contributed by atoms with Crippen LogP contribution in [0.2, 0.25) is 0 Å². The maximum Gasteiger partial charge on any atom is 0.306 e. The van der Waals surface area contributed by atoms with Crippen LogP contribution in [0, 0.1) is 0 Å². The normalized spacial score (nSPS) is 13.4. The zero-order chi connectivity index (χ0) is 11.4. The fraction of sp³-hybridized carbons (Fsp3) is 0.778. The lowest BCUT2D eigenvalue weighted by atomic mass is 10.1. The highest BCUT2D eigenvalue weighted by Crippen LogP contribution is 2.09. The van der Waals surface area contributed by atoms with E-state index in [1.54, 1.807) is 20.8 Å². The Morgan fingerprint density at radius 2 is 1.93 bits per heavy atom. The summed E-state index contributed by atoms with van der Waals surface area (Å²) in [5.74, 6) is -1.65. The first-order valence-corrected chi connectivity index (χ1v) is 4.48. The summed E-state index contributed by atoms with van der Waals surface area (Å²) in [5, 5.41) is 10.3. The molecule has 0 aliphatic heterocycles. The van der Waals surface area contributed by atoms with Gasteiger partial charge in [0.05, 0.1) is 12.4 Å². The number of carbonyl (C=O) groups is 2. The highest BCUT2D eigenvalue weighted by molar-refractivity contribution is 5.73. The van der Waals surface area contributed by atoms with Gasteiger partial charge in [-0.1, -0.05) is 0 Å². The van der Waals surface area contributed by atoms with Crippen molar-refractivity contribution in [2.24, 2.45) is 0 Å². The Bertz CT molecular complexity index is 219. The number of hydrogen-bond donors (Lipinski definition) is 1. The van der Waals surface area contributed by atoms with Crippen LogP contribution in [0.5, 0.6) is 0 Å². The van der Waals surface area contributed by atoms with E-state index in [1.165, 1.54) is 0 Å². The first-order valence-electron chi connectivity index (χ1n) is 4.48. The van der Waals surface area contributed by atoms with Gasteiger partial charge in [0.15, 0.2) is 0 Å². The molecule has 5 heteroatoms. The Morgan fingerprint density at radius 3 is 2.29 bits per heavy atom. The number of carboxylic acid groups (broad SMARTS) is 1.